The van der Waals surface area contributed by atoms with Crippen molar-refractivity contribution in [1.82, 2.24) is 9.97 Å². The molecule has 1 aromatic heterocycles. The lowest BCUT2D eigenvalue weighted by molar-refractivity contribution is 0.0372. The number of nitrogens with zero attached hydrogens (tertiary/aromatic N) is 2. The highest BCUT2D eigenvalue weighted by Crippen LogP contribution is 2.25. The van der Waals surface area contributed by atoms with Crippen LogP contribution in [-0.2, 0) is 4.74 Å². The number of fused-ring (bicyclic) bond motifs is 1. The number of esters is 1. The Labute approximate surface area is 157 Å². The third kappa shape index (κ3) is 4.05. The summed E-state index contributed by atoms with van der Waals surface area (Å²) in [6.45, 7) is 9.18. The van der Waals surface area contributed by atoms with E-state index >= 15 is 0 Å². The molecule has 0 aliphatic heterocycles. The highest BCUT2D eigenvalue weighted by atomic mass is 19.1. The highest BCUT2D eigenvalue weighted by molar-refractivity contribution is 5.96. The summed E-state index contributed by atoms with van der Waals surface area (Å²) < 4.78 is 19.2. The first kappa shape index (κ1) is 18.8. The van der Waals surface area contributed by atoms with Crippen molar-refractivity contribution in [3.63, 3.8) is 0 Å². The fourth-order valence-corrected chi connectivity index (χ4v) is 2.62. The van der Waals surface area contributed by atoms with Crippen LogP contribution < -0.4 is 5.32 Å². The maximum Gasteiger partial charge on any atom is 0.361 e. The van der Waals surface area contributed by atoms with E-state index in [1.54, 1.807) is 32.9 Å². The van der Waals surface area contributed by atoms with Gasteiger partial charge in [-0.3, -0.25) is 0 Å². The first-order valence-corrected chi connectivity index (χ1v) is 8.77. The van der Waals surface area contributed by atoms with Crippen molar-refractivity contribution in [3.05, 3.63) is 58.5 Å². The van der Waals surface area contributed by atoms with Gasteiger partial charge in [-0.25, -0.2) is 19.2 Å². The van der Waals surface area contributed by atoms with E-state index in [9.17, 15) is 9.18 Å². The van der Waals surface area contributed by atoms with E-state index < -0.39 is 5.97 Å². The number of hydrogen-bond acceptors (Lipinski definition) is 5. The number of carbonyl (C=O) groups excluding carboxylic acids is 1. The fraction of sp³-hybridized carbons (Fsp3) is 0.286. The van der Waals surface area contributed by atoms with Crippen LogP contribution in [0, 0.1) is 26.6 Å². The SMILES string of the molecule is Cc1cc2nc(Nc3ccc(C)c(F)c3)c(C(=O)OC(C)C)nc2cc1C. The van der Waals surface area contributed by atoms with Gasteiger partial charge in [-0.05, 0) is 75.6 Å². The van der Waals surface area contributed by atoms with Crippen molar-refractivity contribution in [2.75, 3.05) is 5.32 Å². The van der Waals surface area contributed by atoms with Gasteiger partial charge in [-0.15, -0.1) is 0 Å². The van der Waals surface area contributed by atoms with E-state index in [1.165, 1.54) is 6.07 Å². The molecule has 0 unspecified atom stereocenters. The molecule has 0 aliphatic carbocycles. The molecule has 2 aromatic carbocycles. The molecule has 27 heavy (non-hydrogen) atoms. The van der Waals surface area contributed by atoms with E-state index in [2.05, 4.69) is 15.3 Å². The quantitative estimate of drug-likeness (QED) is 0.657. The van der Waals surface area contributed by atoms with Crippen LogP contribution in [0.5, 0.6) is 0 Å². The lowest BCUT2D eigenvalue weighted by Crippen LogP contribution is -2.16. The highest BCUT2D eigenvalue weighted by Gasteiger charge is 2.20. The topological polar surface area (TPSA) is 64.1 Å². The van der Waals surface area contributed by atoms with Gasteiger partial charge in [0.2, 0.25) is 0 Å². The zero-order chi connectivity index (χ0) is 19.7. The van der Waals surface area contributed by atoms with Crippen molar-refractivity contribution >= 4 is 28.5 Å². The second-order valence-electron chi connectivity index (χ2n) is 6.89. The zero-order valence-corrected chi connectivity index (χ0v) is 16.1. The summed E-state index contributed by atoms with van der Waals surface area (Å²) in [6, 6.07) is 8.54. The predicted molar refractivity (Wildman–Crippen MR) is 104 cm³/mol. The monoisotopic (exact) mass is 367 g/mol. The van der Waals surface area contributed by atoms with Crippen LogP contribution in [0.1, 0.15) is 41.0 Å². The number of nitrogens with one attached hydrogen (secondary N) is 1. The second kappa shape index (κ2) is 7.31. The lowest BCUT2D eigenvalue weighted by Gasteiger charge is -2.14. The number of benzene rings is 2. The average Bonchev–Trinajstić information content (AvgIpc) is 2.58. The van der Waals surface area contributed by atoms with Crippen LogP contribution in [0.4, 0.5) is 15.9 Å². The molecule has 0 saturated carbocycles. The Hall–Kier alpha value is -3.02. The summed E-state index contributed by atoms with van der Waals surface area (Å²) >= 11 is 0. The Balaban J connectivity index is 2.13. The van der Waals surface area contributed by atoms with Gasteiger partial charge in [-0.2, -0.15) is 0 Å². The molecule has 5 nitrogen and oxygen atoms in total. The van der Waals surface area contributed by atoms with Crippen molar-refractivity contribution < 1.29 is 13.9 Å². The number of aromatic nitrogens is 2. The Kier molecular flexibility index (Phi) is 5.08. The van der Waals surface area contributed by atoms with Crippen LogP contribution in [0.2, 0.25) is 0 Å². The zero-order valence-electron chi connectivity index (χ0n) is 16.1. The number of aryl methyl sites for hydroxylation is 3. The van der Waals surface area contributed by atoms with Crippen LogP contribution in [0.25, 0.3) is 11.0 Å². The van der Waals surface area contributed by atoms with Crippen molar-refractivity contribution in [3.8, 4) is 0 Å². The summed E-state index contributed by atoms with van der Waals surface area (Å²) in [5, 5.41) is 3.01. The van der Waals surface area contributed by atoms with Gasteiger partial charge in [0.05, 0.1) is 17.1 Å². The second-order valence-corrected chi connectivity index (χ2v) is 6.89. The predicted octanol–water partition coefficient (Wildman–Crippen LogP) is 5.00. The minimum absolute atomic E-state index is 0.0698. The minimum atomic E-state index is -0.576. The van der Waals surface area contributed by atoms with E-state index in [0.717, 1.165) is 11.1 Å². The van der Waals surface area contributed by atoms with Gasteiger partial charge in [0.1, 0.15) is 5.82 Å². The van der Waals surface area contributed by atoms with Gasteiger partial charge in [0.15, 0.2) is 11.5 Å². The molecule has 0 spiro atoms. The molecule has 140 valence electrons. The molecule has 3 aromatic rings. The number of halogens is 1. The van der Waals surface area contributed by atoms with Gasteiger partial charge >= 0.3 is 5.97 Å². The molecule has 0 fully saturated rings. The Morgan fingerprint density at radius 1 is 1.00 bits per heavy atom. The number of ether oxygens (including phenoxy) is 1. The van der Waals surface area contributed by atoms with E-state index in [-0.39, 0.29) is 23.4 Å². The van der Waals surface area contributed by atoms with E-state index in [4.69, 9.17) is 4.74 Å². The molecule has 0 bridgehead atoms. The van der Waals surface area contributed by atoms with E-state index in [1.807, 2.05) is 26.0 Å². The number of rotatable bonds is 4. The Bertz CT molecular complexity index is 1030. The smallest absolute Gasteiger partial charge is 0.361 e. The van der Waals surface area contributed by atoms with Gasteiger partial charge in [-0.1, -0.05) is 6.07 Å². The molecule has 0 radical (unpaired) electrons. The molecule has 0 aliphatic rings. The standard InChI is InChI=1S/C21H22FN3O2/c1-11(2)27-21(26)19-20(23-15-7-6-12(3)16(22)10-15)25-18-9-14(5)13(4)8-17(18)24-19/h6-11H,1-5H3,(H,23,25). The number of hydrogen-bond donors (Lipinski definition) is 1. The van der Waals surface area contributed by atoms with Crippen molar-refractivity contribution in [2.24, 2.45) is 0 Å². The maximum absolute atomic E-state index is 13.9. The Morgan fingerprint density at radius 2 is 1.63 bits per heavy atom. The van der Waals surface area contributed by atoms with Crippen LogP contribution in [-0.4, -0.2) is 22.0 Å². The molecule has 1 heterocycles. The lowest BCUT2D eigenvalue weighted by atomic mass is 10.1. The minimum Gasteiger partial charge on any atom is -0.458 e. The van der Waals surface area contributed by atoms with Gasteiger partial charge in [0, 0.05) is 5.69 Å². The van der Waals surface area contributed by atoms with Crippen LogP contribution in [0.3, 0.4) is 0 Å². The van der Waals surface area contributed by atoms with Gasteiger partial charge < -0.3 is 10.1 Å². The molecule has 6 heteroatoms. The molecular weight excluding hydrogens is 345 g/mol. The molecular formula is C21H22FN3O2. The summed E-state index contributed by atoms with van der Waals surface area (Å²) in [6.07, 6.45) is -0.292. The largest absolute Gasteiger partial charge is 0.458 e. The molecule has 0 amide bonds. The molecule has 1 N–H and O–H groups in total. The number of anilines is 2. The third-order valence-corrected chi connectivity index (χ3v) is 4.25. The first-order chi connectivity index (χ1) is 12.7. The van der Waals surface area contributed by atoms with E-state index in [0.29, 0.717) is 22.3 Å². The summed E-state index contributed by atoms with van der Waals surface area (Å²) in [5.74, 6) is -0.682. The van der Waals surface area contributed by atoms with Crippen molar-refractivity contribution in [1.29, 1.82) is 0 Å². The fourth-order valence-electron chi connectivity index (χ4n) is 2.62. The van der Waals surface area contributed by atoms with Crippen LogP contribution >= 0.6 is 0 Å². The normalized spacial score (nSPS) is 11.1. The van der Waals surface area contributed by atoms with Crippen molar-refractivity contribution in [2.45, 2.75) is 40.7 Å². The molecule has 0 saturated heterocycles. The summed E-state index contributed by atoms with van der Waals surface area (Å²) in [4.78, 5) is 21.6. The Morgan fingerprint density at radius 3 is 2.22 bits per heavy atom. The van der Waals surface area contributed by atoms with Crippen LogP contribution in [0.15, 0.2) is 30.3 Å². The summed E-state index contributed by atoms with van der Waals surface area (Å²) in [5.41, 5.74) is 4.47. The third-order valence-electron chi connectivity index (χ3n) is 4.25. The molecule has 3 rings (SSSR count). The first-order valence-electron chi connectivity index (χ1n) is 8.77. The summed E-state index contributed by atoms with van der Waals surface area (Å²) in [7, 11) is 0. The molecule has 0 atom stereocenters. The maximum atomic E-state index is 13.9. The average molecular weight is 367 g/mol. The number of carbonyl (C=O) groups is 1. The van der Waals surface area contributed by atoms with Gasteiger partial charge in [0.25, 0.3) is 0 Å².